The van der Waals surface area contributed by atoms with E-state index in [-0.39, 0.29) is 35.3 Å². The van der Waals surface area contributed by atoms with E-state index in [1.165, 1.54) is 5.56 Å². The molecule has 0 bridgehead atoms. The van der Waals surface area contributed by atoms with Crippen LogP contribution in [0.1, 0.15) is 84.7 Å². The Hall–Kier alpha value is -2.81. The van der Waals surface area contributed by atoms with Gasteiger partial charge in [0.1, 0.15) is 5.78 Å². The maximum Gasteiger partial charge on any atom is 0.197 e. The minimum Gasteiger partial charge on any atom is -0.299 e. The highest BCUT2D eigenvalue weighted by Crippen LogP contribution is 2.33. The van der Waals surface area contributed by atoms with Crippen molar-refractivity contribution < 1.29 is 14.4 Å². The number of rotatable bonds is 5. The molecule has 1 aliphatic rings. The van der Waals surface area contributed by atoms with E-state index in [0.717, 1.165) is 5.56 Å². The zero-order valence-electron chi connectivity index (χ0n) is 17.8. The second-order valence-electron chi connectivity index (χ2n) is 9.09. The van der Waals surface area contributed by atoms with Gasteiger partial charge in [-0.3, -0.25) is 14.4 Å². The van der Waals surface area contributed by atoms with Gasteiger partial charge in [0.2, 0.25) is 0 Å². The molecule has 0 fully saturated rings. The van der Waals surface area contributed by atoms with Gasteiger partial charge in [0.05, 0.1) is 5.57 Å². The van der Waals surface area contributed by atoms with Crippen LogP contribution < -0.4 is 0 Å². The van der Waals surface area contributed by atoms with Crippen LogP contribution in [0, 0.1) is 5.41 Å². The molecular weight excluding hydrogens is 360 g/mol. The number of benzene rings is 2. The molecule has 29 heavy (non-hydrogen) atoms. The monoisotopic (exact) mass is 388 g/mol. The molecule has 3 heteroatoms. The van der Waals surface area contributed by atoms with Gasteiger partial charge in [0.25, 0.3) is 0 Å². The molecule has 0 heterocycles. The van der Waals surface area contributed by atoms with Crippen LogP contribution in [0.5, 0.6) is 0 Å². The van der Waals surface area contributed by atoms with Crippen LogP contribution in [0.4, 0.5) is 0 Å². The molecule has 150 valence electrons. The SMILES string of the molecule is CC(C)c1ccc([C@H](C=C2C(=O)c3ccccc3C2=O)CC(=O)C(C)(C)C)cc1. The van der Waals surface area contributed by atoms with Crippen molar-refractivity contribution in [1.82, 2.24) is 0 Å². The summed E-state index contributed by atoms with van der Waals surface area (Å²) in [5.41, 5.74) is 2.73. The first-order valence-electron chi connectivity index (χ1n) is 10.1. The Morgan fingerprint density at radius 3 is 1.79 bits per heavy atom. The maximum atomic E-state index is 12.8. The molecule has 0 radical (unpaired) electrons. The number of allylic oxidation sites excluding steroid dienone is 2. The minimum atomic E-state index is -0.485. The third-order valence-corrected chi connectivity index (χ3v) is 5.55. The van der Waals surface area contributed by atoms with Crippen molar-refractivity contribution in [3.63, 3.8) is 0 Å². The Morgan fingerprint density at radius 2 is 1.34 bits per heavy atom. The molecule has 0 saturated heterocycles. The van der Waals surface area contributed by atoms with Gasteiger partial charge < -0.3 is 0 Å². The average molecular weight is 389 g/mol. The highest BCUT2D eigenvalue weighted by atomic mass is 16.2. The number of fused-ring (bicyclic) bond motifs is 1. The van der Waals surface area contributed by atoms with Crippen molar-refractivity contribution in [2.45, 2.75) is 52.9 Å². The first kappa shape index (κ1) is 20.9. The fourth-order valence-corrected chi connectivity index (χ4v) is 3.53. The van der Waals surface area contributed by atoms with Crippen LogP contribution in [0.3, 0.4) is 0 Å². The van der Waals surface area contributed by atoms with Gasteiger partial charge in [-0.2, -0.15) is 0 Å². The van der Waals surface area contributed by atoms with Crippen LogP contribution in [-0.2, 0) is 4.79 Å². The predicted molar refractivity (Wildman–Crippen MR) is 116 cm³/mol. The molecule has 0 aliphatic heterocycles. The Morgan fingerprint density at radius 1 is 0.862 bits per heavy atom. The van der Waals surface area contributed by atoms with Gasteiger partial charge >= 0.3 is 0 Å². The molecule has 3 rings (SSSR count). The fraction of sp³-hybridized carbons (Fsp3) is 0.346. The summed E-state index contributed by atoms with van der Waals surface area (Å²) in [6, 6.07) is 15.0. The smallest absolute Gasteiger partial charge is 0.197 e. The zero-order chi connectivity index (χ0) is 21.3. The highest BCUT2D eigenvalue weighted by Gasteiger charge is 2.34. The number of hydrogen-bond acceptors (Lipinski definition) is 3. The first-order chi connectivity index (χ1) is 13.6. The average Bonchev–Trinajstić information content (AvgIpc) is 2.92. The van der Waals surface area contributed by atoms with E-state index >= 15 is 0 Å². The second kappa shape index (κ2) is 7.90. The van der Waals surface area contributed by atoms with E-state index in [4.69, 9.17) is 0 Å². The van der Waals surface area contributed by atoms with Crippen LogP contribution in [0.25, 0.3) is 0 Å². The standard InChI is InChI=1S/C26H28O3/c1-16(2)17-10-12-18(13-11-17)19(15-23(27)26(3,4)5)14-22-24(28)20-8-6-7-9-21(20)25(22)29/h6-14,16,19H,15H2,1-5H3/t19-/m1/s1. The molecule has 0 amide bonds. The Kier molecular flexibility index (Phi) is 5.70. The molecular formula is C26H28O3. The van der Waals surface area contributed by atoms with Crippen molar-refractivity contribution in [2.24, 2.45) is 5.41 Å². The summed E-state index contributed by atoms with van der Waals surface area (Å²) in [4.78, 5) is 38.4. The summed E-state index contributed by atoms with van der Waals surface area (Å²) in [6.45, 7) is 9.94. The lowest BCUT2D eigenvalue weighted by molar-refractivity contribution is -0.126. The largest absolute Gasteiger partial charge is 0.299 e. The third-order valence-electron chi connectivity index (χ3n) is 5.55. The van der Waals surface area contributed by atoms with Crippen molar-refractivity contribution in [3.05, 3.63) is 82.4 Å². The van der Waals surface area contributed by atoms with E-state index in [1.807, 2.05) is 32.9 Å². The summed E-state index contributed by atoms with van der Waals surface area (Å²) in [6.07, 6.45) is 1.96. The van der Waals surface area contributed by atoms with Crippen molar-refractivity contribution in [1.29, 1.82) is 0 Å². The molecule has 2 aromatic rings. The van der Waals surface area contributed by atoms with Crippen LogP contribution in [0.15, 0.2) is 60.2 Å². The molecule has 1 atom stereocenters. The predicted octanol–water partition coefficient (Wildman–Crippen LogP) is 5.90. The van der Waals surface area contributed by atoms with E-state index in [0.29, 0.717) is 17.0 Å². The molecule has 0 saturated carbocycles. The Bertz CT molecular complexity index is 948. The molecule has 0 spiro atoms. The molecule has 0 N–H and O–H groups in total. The number of ketones is 3. The topological polar surface area (TPSA) is 51.2 Å². The highest BCUT2D eigenvalue weighted by molar-refractivity contribution is 6.39. The lowest BCUT2D eigenvalue weighted by Gasteiger charge is -2.21. The lowest BCUT2D eigenvalue weighted by Crippen LogP contribution is -2.22. The zero-order valence-corrected chi connectivity index (χ0v) is 17.8. The van der Waals surface area contributed by atoms with E-state index in [1.54, 1.807) is 30.3 Å². The van der Waals surface area contributed by atoms with E-state index in [2.05, 4.69) is 26.0 Å². The fourth-order valence-electron chi connectivity index (χ4n) is 3.53. The van der Waals surface area contributed by atoms with Gasteiger partial charge in [-0.1, -0.05) is 89.2 Å². The normalized spacial score (nSPS) is 14.9. The van der Waals surface area contributed by atoms with Gasteiger partial charge in [0, 0.05) is 28.9 Å². The molecule has 0 aromatic heterocycles. The van der Waals surface area contributed by atoms with Crippen LogP contribution in [-0.4, -0.2) is 17.3 Å². The Labute approximate surface area is 172 Å². The number of carbonyl (C=O) groups is 3. The van der Waals surface area contributed by atoms with E-state index in [9.17, 15) is 14.4 Å². The Balaban J connectivity index is 2.02. The summed E-state index contributed by atoms with van der Waals surface area (Å²) >= 11 is 0. The van der Waals surface area contributed by atoms with Crippen LogP contribution in [0.2, 0.25) is 0 Å². The van der Waals surface area contributed by atoms with E-state index < -0.39 is 5.41 Å². The lowest BCUT2D eigenvalue weighted by atomic mass is 9.81. The summed E-state index contributed by atoms with van der Waals surface area (Å²) in [5, 5.41) is 0. The van der Waals surface area contributed by atoms with Crippen molar-refractivity contribution in [3.8, 4) is 0 Å². The number of carbonyl (C=O) groups excluding carboxylic acids is 3. The molecule has 3 nitrogen and oxygen atoms in total. The molecule has 0 unspecified atom stereocenters. The summed E-state index contributed by atoms with van der Waals surface area (Å²) < 4.78 is 0. The second-order valence-corrected chi connectivity index (χ2v) is 9.09. The first-order valence-corrected chi connectivity index (χ1v) is 10.1. The van der Waals surface area contributed by atoms with Crippen LogP contribution >= 0.6 is 0 Å². The summed E-state index contributed by atoms with van der Waals surface area (Å²) in [7, 11) is 0. The van der Waals surface area contributed by atoms with Crippen molar-refractivity contribution >= 4 is 17.3 Å². The van der Waals surface area contributed by atoms with Gasteiger partial charge in [-0.05, 0) is 17.0 Å². The third kappa shape index (κ3) is 4.29. The summed E-state index contributed by atoms with van der Waals surface area (Å²) in [5.74, 6) is -0.317. The maximum absolute atomic E-state index is 12.8. The minimum absolute atomic E-state index is 0.0997. The number of Topliss-reactive ketones (excluding diaryl/α,β-unsaturated/α-hetero) is 3. The van der Waals surface area contributed by atoms with Gasteiger partial charge in [-0.25, -0.2) is 0 Å². The quantitative estimate of drug-likeness (QED) is 0.473. The molecule has 1 aliphatic carbocycles. The van der Waals surface area contributed by atoms with Gasteiger partial charge in [0.15, 0.2) is 11.6 Å². The van der Waals surface area contributed by atoms with Gasteiger partial charge in [-0.15, -0.1) is 0 Å². The van der Waals surface area contributed by atoms with Crippen molar-refractivity contribution in [2.75, 3.05) is 0 Å². The molecule has 2 aromatic carbocycles. The number of hydrogen-bond donors (Lipinski definition) is 0.